The molecular formula is C21H32N4O. The Hall–Kier alpha value is -2.06. The summed E-state index contributed by atoms with van der Waals surface area (Å²) in [5, 5.41) is 12.4. The van der Waals surface area contributed by atoms with Gasteiger partial charge in [0.05, 0.1) is 11.5 Å². The fourth-order valence-corrected chi connectivity index (χ4v) is 3.60. The zero-order valence-electron chi connectivity index (χ0n) is 16.6. The minimum atomic E-state index is -0.242. The van der Waals surface area contributed by atoms with E-state index in [-0.39, 0.29) is 11.3 Å². The molecular weight excluding hydrogens is 324 g/mol. The first-order valence-electron chi connectivity index (χ1n) is 9.64. The second kappa shape index (κ2) is 9.05. The zero-order chi connectivity index (χ0) is 19.2. The number of hydrogen-bond donors (Lipinski definition) is 1. The normalized spacial score (nSPS) is 25.4. The average molecular weight is 357 g/mol. The van der Waals surface area contributed by atoms with Crippen molar-refractivity contribution in [2.45, 2.75) is 40.5 Å². The second-order valence-corrected chi connectivity index (χ2v) is 7.47. The average Bonchev–Trinajstić information content (AvgIpc) is 3.12. The lowest BCUT2D eigenvalue weighted by atomic mass is 9.88. The van der Waals surface area contributed by atoms with Crippen LogP contribution in [0.15, 0.2) is 35.1 Å². The molecule has 1 N–H and O–H groups in total. The summed E-state index contributed by atoms with van der Waals surface area (Å²) in [4.78, 5) is 17.3. The van der Waals surface area contributed by atoms with Crippen LogP contribution in [-0.2, 0) is 4.79 Å². The van der Waals surface area contributed by atoms with E-state index in [4.69, 9.17) is 5.26 Å². The van der Waals surface area contributed by atoms with Crippen LogP contribution in [0.3, 0.4) is 0 Å². The summed E-state index contributed by atoms with van der Waals surface area (Å²) >= 11 is 0. The van der Waals surface area contributed by atoms with E-state index in [0.717, 1.165) is 52.1 Å². The second-order valence-electron chi connectivity index (χ2n) is 7.47. The first-order chi connectivity index (χ1) is 12.4. The van der Waals surface area contributed by atoms with Gasteiger partial charge in [-0.15, -0.1) is 0 Å². The van der Waals surface area contributed by atoms with Crippen LogP contribution in [0, 0.1) is 16.7 Å². The standard InChI is InChI=1S/C21H32N4O/c1-5-17(3)19(8-7-18(6-2)15-22)24-11-13-25(14-12-24)20(26)21(4)9-10-23-16-21/h6-8,23H,5,9-14,16H2,1-4H3/b8-7-,18-6+,19-17-. The fraction of sp³-hybridized carbons (Fsp3) is 0.619. The van der Waals surface area contributed by atoms with Gasteiger partial charge in [-0.1, -0.05) is 18.6 Å². The smallest absolute Gasteiger partial charge is 0.229 e. The van der Waals surface area contributed by atoms with Gasteiger partial charge in [0.25, 0.3) is 0 Å². The van der Waals surface area contributed by atoms with E-state index in [1.165, 1.54) is 11.3 Å². The maximum Gasteiger partial charge on any atom is 0.229 e. The Kier molecular flexibility index (Phi) is 7.05. The summed E-state index contributed by atoms with van der Waals surface area (Å²) in [6, 6.07) is 2.20. The molecule has 1 amide bonds. The molecule has 0 aliphatic carbocycles. The Bertz CT molecular complexity index is 639. The largest absolute Gasteiger partial charge is 0.368 e. The molecule has 1 atom stereocenters. The number of piperazine rings is 1. The topological polar surface area (TPSA) is 59.4 Å². The van der Waals surface area contributed by atoms with Crippen LogP contribution in [0.25, 0.3) is 0 Å². The summed E-state index contributed by atoms with van der Waals surface area (Å²) in [5.41, 5.74) is 2.92. The highest BCUT2D eigenvalue weighted by molar-refractivity contribution is 5.83. The number of carbonyl (C=O) groups is 1. The number of carbonyl (C=O) groups excluding carboxylic acids is 1. The number of allylic oxidation sites excluding steroid dienone is 5. The Morgan fingerprint density at radius 2 is 1.88 bits per heavy atom. The lowest BCUT2D eigenvalue weighted by Gasteiger charge is -2.40. The molecule has 1 unspecified atom stereocenters. The number of nitriles is 1. The van der Waals surface area contributed by atoms with Crippen LogP contribution in [0.2, 0.25) is 0 Å². The Labute approximate surface area is 158 Å². The summed E-state index contributed by atoms with van der Waals surface area (Å²) in [7, 11) is 0. The molecule has 0 aromatic carbocycles. The van der Waals surface area contributed by atoms with Gasteiger partial charge in [-0.2, -0.15) is 5.26 Å². The van der Waals surface area contributed by atoms with Crippen molar-refractivity contribution < 1.29 is 4.79 Å². The molecule has 0 spiro atoms. The van der Waals surface area contributed by atoms with Crippen molar-refractivity contribution in [3.8, 4) is 6.07 Å². The third-order valence-corrected chi connectivity index (χ3v) is 5.62. The van der Waals surface area contributed by atoms with Crippen molar-refractivity contribution in [1.29, 1.82) is 5.26 Å². The molecule has 0 aromatic heterocycles. The van der Waals surface area contributed by atoms with Gasteiger partial charge in [-0.05, 0) is 52.3 Å². The highest BCUT2D eigenvalue weighted by Crippen LogP contribution is 2.28. The molecule has 2 aliphatic rings. The minimum Gasteiger partial charge on any atom is -0.368 e. The van der Waals surface area contributed by atoms with Crippen molar-refractivity contribution >= 4 is 5.91 Å². The van der Waals surface area contributed by atoms with E-state index in [9.17, 15) is 4.79 Å². The summed E-state index contributed by atoms with van der Waals surface area (Å²) < 4.78 is 0. The summed E-state index contributed by atoms with van der Waals surface area (Å²) in [6.07, 6.45) is 7.66. The quantitative estimate of drug-likeness (QED) is 0.608. The van der Waals surface area contributed by atoms with Gasteiger partial charge in [0.15, 0.2) is 0 Å². The van der Waals surface area contributed by atoms with Crippen molar-refractivity contribution in [2.24, 2.45) is 5.41 Å². The highest BCUT2D eigenvalue weighted by atomic mass is 16.2. The first-order valence-corrected chi connectivity index (χ1v) is 9.64. The van der Waals surface area contributed by atoms with Gasteiger partial charge < -0.3 is 15.1 Å². The number of nitrogens with zero attached hydrogens (tertiary/aromatic N) is 3. The van der Waals surface area contributed by atoms with E-state index in [2.05, 4.69) is 43.1 Å². The van der Waals surface area contributed by atoms with E-state index < -0.39 is 0 Å². The van der Waals surface area contributed by atoms with Crippen LogP contribution >= 0.6 is 0 Å². The summed E-state index contributed by atoms with van der Waals surface area (Å²) in [6.45, 7) is 13.2. The highest BCUT2D eigenvalue weighted by Gasteiger charge is 2.40. The van der Waals surface area contributed by atoms with Crippen LogP contribution in [0.1, 0.15) is 40.5 Å². The molecule has 5 nitrogen and oxygen atoms in total. The molecule has 2 fully saturated rings. The third-order valence-electron chi connectivity index (χ3n) is 5.62. The number of hydrogen-bond acceptors (Lipinski definition) is 4. The zero-order valence-corrected chi connectivity index (χ0v) is 16.6. The monoisotopic (exact) mass is 356 g/mol. The third kappa shape index (κ3) is 4.56. The first kappa shape index (κ1) is 20.3. The van der Waals surface area contributed by atoms with Crippen molar-refractivity contribution in [2.75, 3.05) is 39.3 Å². The molecule has 0 bridgehead atoms. The molecule has 0 aromatic rings. The molecule has 2 rings (SSSR count). The van der Waals surface area contributed by atoms with Crippen LogP contribution in [0.5, 0.6) is 0 Å². The fourth-order valence-electron chi connectivity index (χ4n) is 3.60. The molecule has 0 saturated carbocycles. The van der Waals surface area contributed by atoms with Crippen molar-refractivity contribution in [3.63, 3.8) is 0 Å². The maximum absolute atomic E-state index is 12.9. The Balaban J connectivity index is 2.06. The molecule has 2 saturated heterocycles. The lowest BCUT2D eigenvalue weighted by molar-refractivity contribution is -0.141. The van der Waals surface area contributed by atoms with E-state index in [1.807, 2.05) is 24.0 Å². The van der Waals surface area contributed by atoms with Crippen LogP contribution < -0.4 is 5.32 Å². The lowest BCUT2D eigenvalue weighted by Crippen LogP contribution is -2.52. The number of nitrogens with one attached hydrogen (secondary N) is 1. The van der Waals surface area contributed by atoms with Crippen LogP contribution in [0.4, 0.5) is 0 Å². The van der Waals surface area contributed by atoms with Gasteiger partial charge in [0, 0.05) is 44.0 Å². The van der Waals surface area contributed by atoms with Gasteiger partial charge in [0.2, 0.25) is 5.91 Å². The molecule has 26 heavy (non-hydrogen) atoms. The number of amides is 1. The van der Waals surface area contributed by atoms with E-state index >= 15 is 0 Å². The minimum absolute atomic E-state index is 0.242. The van der Waals surface area contributed by atoms with Gasteiger partial charge in [0.1, 0.15) is 0 Å². The Morgan fingerprint density at radius 3 is 2.38 bits per heavy atom. The van der Waals surface area contributed by atoms with Gasteiger partial charge in [-0.3, -0.25) is 4.79 Å². The maximum atomic E-state index is 12.9. The van der Waals surface area contributed by atoms with E-state index in [0.29, 0.717) is 5.57 Å². The van der Waals surface area contributed by atoms with E-state index in [1.54, 1.807) is 0 Å². The van der Waals surface area contributed by atoms with Crippen molar-refractivity contribution in [3.05, 3.63) is 35.1 Å². The molecule has 2 aliphatic heterocycles. The van der Waals surface area contributed by atoms with Gasteiger partial charge >= 0.3 is 0 Å². The van der Waals surface area contributed by atoms with Crippen LogP contribution in [-0.4, -0.2) is 55.0 Å². The predicted octanol–water partition coefficient (Wildman–Crippen LogP) is 2.84. The summed E-state index contributed by atoms with van der Waals surface area (Å²) in [5.74, 6) is 0.288. The molecule has 5 heteroatoms. The van der Waals surface area contributed by atoms with Gasteiger partial charge in [-0.25, -0.2) is 0 Å². The molecule has 2 heterocycles. The van der Waals surface area contributed by atoms with Crippen molar-refractivity contribution in [1.82, 2.24) is 15.1 Å². The predicted molar refractivity (Wildman–Crippen MR) is 105 cm³/mol. The SMILES string of the molecule is C\C=C(C#N)/C=C\C(=C(/C)CC)N1CCN(C(=O)C2(C)CCNC2)CC1. The number of rotatable bonds is 5. The Morgan fingerprint density at radius 1 is 1.23 bits per heavy atom. The molecule has 0 radical (unpaired) electrons. The molecule has 142 valence electrons.